The van der Waals surface area contributed by atoms with Crippen LogP contribution in [-0.2, 0) is 0 Å². The van der Waals surface area contributed by atoms with Crippen LogP contribution in [0.3, 0.4) is 0 Å². The summed E-state index contributed by atoms with van der Waals surface area (Å²) in [5.41, 5.74) is 2.03. The predicted molar refractivity (Wildman–Crippen MR) is 112 cm³/mol. The van der Waals surface area contributed by atoms with Crippen molar-refractivity contribution in [2.45, 2.75) is 6.92 Å². The lowest BCUT2D eigenvalue weighted by Crippen LogP contribution is -1.94. The van der Waals surface area contributed by atoms with E-state index in [1.54, 1.807) is 14.2 Å². The SMILES string of the molecule is COc1cc2c3ccccc3c3c4ccccc4c(C)nc3c2cc1OC. The molecule has 0 unspecified atom stereocenters. The number of benzene rings is 4. The maximum absolute atomic E-state index is 5.57. The van der Waals surface area contributed by atoms with Crippen molar-refractivity contribution in [3.05, 3.63) is 66.4 Å². The van der Waals surface area contributed by atoms with Crippen molar-refractivity contribution in [2.75, 3.05) is 14.2 Å². The minimum absolute atomic E-state index is 0.717. The molecule has 4 aromatic carbocycles. The number of aromatic nitrogens is 1. The van der Waals surface area contributed by atoms with Crippen molar-refractivity contribution in [1.29, 1.82) is 0 Å². The predicted octanol–water partition coefficient (Wildman–Crippen LogP) is 6.02. The molecule has 0 amide bonds. The van der Waals surface area contributed by atoms with Gasteiger partial charge in [0, 0.05) is 21.9 Å². The molecule has 1 aromatic heterocycles. The van der Waals surface area contributed by atoms with Crippen LogP contribution >= 0.6 is 0 Å². The summed E-state index contributed by atoms with van der Waals surface area (Å²) in [5.74, 6) is 1.45. The molecule has 0 spiro atoms. The molecule has 1 heterocycles. The molecule has 5 aromatic rings. The molecule has 0 saturated carbocycles. The van der Waals surface area contributed by atoms with E-state index in [4.69, 9.17) is 14.5 Å². The Kier molecular flexibility index (Phi) is 3.44. The normalized spacial score (nSPS) is 11.5. The Balaban J connectivity index is 2.15. The van der Waals surface area contributed by atoms with E-state index in [1.165, 1.54) is 26.9 Å². The molecule has 0 aliphatic rings. The van der Waals surface area contributed by atoms with E-state index in [0.717, 1.165) is 27.7 Å². The summed E-state index contributed by atoms with van der Waals surface area (Å²) in [4.78, 5) is 5.02. The van der Waals surface area contributed by atoms with Gasteiger partial charge in [-0.05, 0) is 40.6 Å². The molecule has 3 heteroatoms. The van der Waals surface area contributed by atoms with E-state index in [9.17, 15) is 0 Å². The zero-order valence-corrected chi connectivity index (χ0v) is 15.5. The zero-order chi connectivity index (χ0) is 18.5. The molecule has 0 aliphatic carbocycles. The Morgan fingerprint density at radius 2 is 1.15 bits per heavy atom. The van der Waals surface area contributed by atoms with E-state index < -0.39 is 0 Å². The number of hydrogen-bond donors (Lipinski definition) is 0. The van der Waals surface area contributed by atoms with E-state index in [2.05, 4.69) is 61.5 Å². The van der Waals surface area contributed by atoms with Crippen LogP contribution in [0.5, 0.6) is 11.5 Å². The number of hydrogen-bond acceptors (Lipinski definition) is 3. The van der Waals surface area contributed by atoms with Gasteiger partial charge in [-0.15, -0.1) is 0 Å². The largest absolute Gasteiger partial charge is 0.493 e. The molecule has 0 bridgehead atoms. The van der Waals surface area contributed by atoms with Gasteiger partial charge in [0.25, 0.3) is 0 Å². The first kappa shape index (κ1) is 15.9. The van der Waals surface area contributed by atoms with Crippen LogP contribution in [0.1, 0.15) is 5.69 Å². The molecular weight excluding hydrogens is 334 g/mol. The van der Waals surface area contributed by atoms with Crippen molar-refractivity contribution < 1.29 is 9.47 Å². The van der Waals surface area contributed by atoms with Crippen LogP contribution in [0.25, 0.3) is 43.2 Å². The number of rotatable bonds is 2. The molecule has 0 saturated heterocycles. The van der Waals surface area contributed by atoms with Gasteiger partial charge in [-0.2, -0.15) is 0 Å². The van der Waals surface area contributed by atoms with Crippen LogP contribution in [0.4, 0.5) is 0 Å². The van der Waals surface area contributed by atoms with Gasteiger partial charge in [-0.3, -0.25) is 4.98 Å². The highest BCUT2D eigenvalue weighted by Crippen LogP contribution is 2.42. The summed E-state index contributed by atoms with van der Waals surface area (Å²) >= 11 is 0. The third kappa shape index (κ3) is 2.18. The smallest absolute Gasteiger partial charge is 0.161 e. The van der Waals surface area contributed by atoms with Gasteiger partial charge in [0.05, 0.1) is 19.7 Å². The Morgan fingerprint density at radius 1 is 0.630 bits per heavy atom. The van der Waals surface area contributed by atoms with Crippen molar-refractivity contribution in [2.24, 2.45) is 0 Å². The van der Waals surface area contributed by atoms with Crippen molar-refractivity contribution >= 4 is 43.2 Å². The van der Waals surface area contributed by atoms with Crippen molar-refractivity contribution in [1.82, 2.24) is 4.98 Å². The summed E-state index contributed by atoms with van der Waals surface area (Å²) < 4.78 is 11.1. The highest BCUT2D eigenvalue weighted by Gasteiger charge is 2.16. The first-order chi connectivity index (χ1) is 13.2. The average Bonchev–Trinajstić information content (AvgIpc) is 2.73. The van der Waals surface area contributed by atoms with Gasteiger partial charge in [0.2, 0.25) is 0 Å². The number of aryl methyl sites for hydroxylation is 1. The lowest BCUT2D eigenvalue weighted by Gasteiger charge is -2.16. The first-order valence-electron chi connectivity index (χ1n) is 8.98. The number of fused-ring (bicyclic) bond motifs is 8. The van der Waals surface area contributed by atoms with Gasteiger partial charge < -0.3 is 9.47 Å². The maximum atomic E-state index is 5.57. The van der Waals surface area contributed by atoms with Crippen LogP contribution < -0.4 is 9.47 Å². The monoisotopic (exact) mass is 353 g/mol. The van der Waals surface area contributed by atoms with E-state index in [0.29, 0.717) is 5.75 Å². The minimum atomic E-state index is 0.717. The third-order valence-corrected chi connectivity index (χ3v) is 5.37. The van der Waals surface area contributed by atoms with Gasteiger partial charge in [-0.1, -0.05) is 48.5 Å². The molecule has 132 valence electrons. The van der Waals surface area contributed by atoms with Crippen molar-refractivity contribution in [3.8, 4) is 11.5 Å². The molecule has 27 heavy (non-hydrogen) atoms. The molecule has 0 fully saturated rings. The van der Waals surface area contributed by atoms with Crippen LogP contribution in [-0.4, -0.2) is 19.2 Å². The highest BCUT2D eigenvalue weighted by atomic mass is 16.5. The second-order valence-corrected chi connectivity index (χ2v) is 6.76. The molecule has 0 aliphatic heterocycles. The zero-order valence-electron chi connectivity index (χ0n) is 15.5. The van der Waals surface area contributed by atoms with Crippen molar-refractivity contribution in [3.63, 3.8) is 0 Å². The second kappa shape index (κ2) is 5.85. The molecule has 0 radical (unpaired) electrons. The summed E-state index contributed by atoms with van der Waals surface area (Å²) in [7, 11) is 3.34. The molecule has 0 N–H and O–H groups in total. The lowest BCUT2D eigenvalue weighted by atomic mass is 9.93. The number of pyridine rings is 1. The Labute approximate surface area is 157 Å². The van der Waals surface area contributed by atoms with Crippen LogP contribution in [0.2, 0.25) is 0 Å². The minimum Gasteiger partial charge on any atom is -0.493 e. The Morgan fingerprint density at radius 3 is 1.78 bits per heavy atom. The Hall–Kier alpha value is -3.33. The van der Waals surface area contributed by atoms with Gasteiger partial charge in [-0.25, -0.2) is 0 Å². The molecule has 3 nitrogen and oxygen atoms in total. The number of nitrogens with zero attached hydrogens (tertiary/aromatic N) is 1. The molecule has 0 atom stereocenters. The maximum Gasteiger partial charge on any atom is 0.161 e. The first-order valence-corrected chi connectivity index (χ1v) is 8.98. The molecular formula is C24H19NO2. The summed E-state index contributed by atoms with van der Waals surface area (Å²) in [5, 5.41) is 8.20. The van der Waals surface area contributed by atoms with Crippen LogP contribution in [0.15, 0.2) is 60.7 Å². The highest BCUT2D eigenvalue weighted by molar-refractivity contribution is 6.30. The van der Waals surface area contributed by atoms with Gasteiger partial charge in [0.1, 0.15) is 0 Å². The summed E-state index contributed by atoms with van der Waals surface area (Å²) in [6.07, 6.45) is 0. The topological polar surface area (TPSA) is 31.4 Å². The van der Waals surface area contributed by atoms with E-state index in [-0.39, 0.29) is 0 Å². The fourth-order valence-electron chi connectivity index (χ4n) is 4.13. The fraction of sp³-hybridized carbons (Fsp3) is 0.125. The summed E-state index contributed by atoms with van der Waals surface area (Å²) in [6.45, 7) is 2.07. The Bertz CT molecular complexity index is 1360. The molecule has 5 rings (SSSR count). The quantitative estimate of drug-likeness (QED) is 0.364. The lowest BCUT2D eigenvalue weighted by molar-refractivity contribution is 0.356. The van der Waals surface area contributed by atoms with Crippen LogP contribution in [0, 0.1) is 6.92 Å². The van der Waals surface area contributed by atoms with E-state index in [1.807, 2.05) is 6.07 Å². The summed E-state index contributed by atoms with van der Waals surface area (Å²) in [6, 6.07) is 21.1. The fourth-order valence-corrected chi connectivity index (χ4v) is 4.13. The number of methoxy groups -OCH3 is 2. The van der Waals surface area contributed by atoms with Gasteiger partial charge >= 0.3 is 0 Å². The van der Waals surface area contributed by atoms with E-state index >= 15 is 0 Å². The second-order valence-electron chi connectivity index (χ2n) is 6.76. The third-order valence-electron chi connectivity index (χ3n) is 5.37. The van der Waals surface area contributed by atoms with Gasteiger partial charge in [0.15, 0.2) is 11.5 Å². The standard InChI is InChI=1S/C24H19NO2/c1-14-15-8-4-6-10-17(15)23-18-11-7-5-9-16(18)19-12-21(26-2)22(27-3)13-20(19)24(23)25-14/h4-13H,1-3H3. The average molecular weight is 353 g/mol. The number of ether oxygens (including phenoxy) is 2.